The minimum Gasteiger partial charge on any atom is -0.491 e. The van der Waals surface area contributed by atoms with Gasteiger partial charge in [-0.1, -0.05) is 24.4 Å². The molecule has 20 heavy (non-hydrogen) atoms. The van der Waals surface area contributed by atoms with Gasteiger partial charge in [-0.25, -0.2) is 0 Å². The van der Waals surface area contributed by atoms with Crippen molar-refractivity contribution in [3.63, 3.8) is 0 Å². The third kappa shape index (κ3) is 6.66. The zero-order valence-corrected chi connectivity index (χ0v) is 12.6. The molecule has 0 aliphatic heterocycles. The first kappa shape index (κ1) is 16.6. The van der Waals surface area contributed by atoms with Crippen molar-refractivity contribution in [2.24, 2.45) is 0 Å². The van der Waals surface area contributed by atoms with Crippen molar-refractivity contribution in [3.8, 4) is 5.75 Å². The lowest BCUT2D eigenvalue weighted by atomic mass is 10.1. The zero-order chi connectivity index (χ0) is 14.8. The van der Waals surface area contributed by atoms with Crippen LogP contribution in [0.4, 0.5) is 5.69 Å². The first-order valence-corrected chi connectivity index (χ1v) is 7.34. The minimum absolute atomic E-state index is 0.113. The highest BCUT2D eigenvalue weighted by Gasteiger charge is 2.02. The van der Waals surface area contributed by atoms with Crippen LogP contribution >= 0.6 is 11.6 Å². The summed E-state index contributed by atoms with van der Waals surface area (Å²) in [4.78, 5) is 11.1. The molecule has 0 saturated carbocycles. The molecule has 0 bridgehead atoms. The molecule has 5 heteroatoms. The van der Waals surface area contributed by atoms with E-state index in [1.54, 1.807) is 18.2 Å². The smallest absolute Gasteiger partial charge is 0.305 e. The van der Waals surface area contributed by atoms with Crippen molar-refractivity contribution in [2.75, 3.05) is 18.9 Å². The fraction of sp³-hybridized carbons (Fsp3) is 0.533. The molecule has 0 aliphatic rings. The predicted molar refractivity (Wildman–Crippen MR) is 81.1 cm³/mol. The van der Waals surface area contributed by atoms with E-state index in [2.05, 4.69) is 0 Å². The fourth-order valence-corrected chi connectivity index (χ4v) is 1.97. The maximum absolute atomic E-state index is 11.1. The van der Waals surface area contributed by atoms with Crippen LogP contribution < -0.4 is 10.5 Å². The number of hydrogen-bond acceptors (Lipinski definition) is 4. The molecule has 4 nitrogen and oxygen atoms in total. The average Bonchev–Trinajstić information content (AvgIpc) is 2.40. The van der Waals surface area contributed by atoms with Gasteiger partial charge in [0, 0.05) is 11.4 Å². The summed E-state index contributed by atoms with van der Waals surface area (Å²) >= 11 is 5.81. The first-order chi connectivity index (χ1) is 9.63. The third-order valence-corrected chi connectivity index (χ3v) is 3.05. The molecule has 0 radical (unpaired) electrons. The summed E-state index contributed by atoms with van der Waals surface area (Å²) in [6, 6.07) is 5.21. The molecule has 1 aromatic rings. The Kier molecular flexibility index (Phi) is 7.88. The van der Waals surface area contributed by atoms with E-state index >= 15 is 0 Å². The van der Waals surface area contributed by atoms with E-state index in [0.717, 1.165) is 25.7 Å². The average molecular weight is 300 g/mol. The summed E-state index contributed by atoms with van der Waals surface area (Å²) in [5.74, 6) is 0.554. The van der Waals surface area contributed by atoms with Crippen LogP contribution in [-0.2, 0) is 9.53 Å². The van der Waals surface area contributed by atoms with Gasteiger partial charge in [0.05, 0.1) is 18.9 Å². The number of ether oxygens (including phenoxy) is 2. The van der Waals surface area contributed by atoms with E-state index < -0.39 is 0 Å². The van der Waals surface area contributed by atoms with E-state index in [9.17, 15) is 4.79 Å². The van der Waals surface area contributed by atoms with E-state index in [4.69, 9.17) is 26.8 Å². The molecule has 0 amide bonds. The number of halogens is 1. The van der Waals surface area contributed by atoms with Crippen LogP contribution in [0, 0.1) is 0 Å². The number of anilines is 1. The Balaban J connectivity index is 2.06. The first-order valence-electron chi connectivity index (χ1n) is 6.97. The summed E-state index contributed by atoms with van der Waals surface area (Å²) in [6.07, 6.45) is 4.32. The van der Waals surface area contributed by atoms with Gasteiger partial charge in [-0.05, 0) is 38.0 Å². The Morgan fingerprint density at radius 3 is 2.70 bits per heavy atom. The number of nitrogen functional groups attached to an aromatic ring is 1. The largest absolute Gasteiger partial charge is 0.491 e. The molecule has 0 fully saturated rings. The molecule has 0 unspecified atom stereocenters. The van der Waals surface area contributed by atoms with Crippen molar-refractivity contribution in [2.45, 2.75) is 39.0 Å². The number of carbonyl (C=O) groups excluding carboxylic acids is 1. The van der Waals surface area contributed by atoms with Crippen LogP contribution in [0.1, 0.15) is 39.0 Å². The van der Waals surface area contributed by atoms with Gasteiger partial charge in [0.2, 0.25) is 0 Å². The molecule has 0 aliphatic carbocycles. The van der Waals surface area contributed by atoms with Gasteiger partial charge in [-0.3, -0.25) is 4.79 Å². The maximum Gasteiger partial charge on any atom is 0.305 e. The molecule has 112 valence electrons. The highest BCUT2D eigenvalue weighted by atomic mass is 35.5. The summed E-state index contributed by atoms with van der Waals surface area (Å²) in [6.45, 7) is 2.89. The lowest BCUT2D eigenvalue weighted by molar-refractivity contribution is -0.143. The number of carbonyl (C=O) groups is 1. The predicted octanol–water partition coefficient (Wildman–Crippen LogP) is 3.81. The van der Waals surface area contributed by atoms with E-state index in [0.29, 0.717) is 36.1 Å². The molecular weight excluding hydrogens is 278 g/mol. The summed E-state index contributed by atoms with van der Waals surface area (Å²) in [5, 5.41) is 0.605. The second kappa shape index (κ2) is 9.48. The van der Waals surface area contributed by atoms with Crippen LogP contribution in [0.15, 0.2) is 18.2 Å². The molecule has 0 heterocycles. The molecule has 0 saturated heterocycles. The molecule has 1 aromatic carbocycles. The third-order valence-electron chi connectivity index (χ3n) is 2.81. The van der Waals surface area contributed by atoms with Crippen molar-refractivity contribution in [1.82, 2.24) is 0 Å². The van der Waals surface area contributed by atoms with Gasteiger partial charge in [0.1, 0.15) is 5.75 Å². The molecule has 0 aromatic heterocycles. The Morgan fingerprint density at radius 1 is 1.25 bits per heavy atom. The minimum atomic E-state index is -0.113. The van der Waals surface area contributed by atoms with Gasteiger partial charge in [-0.2, -0.15) is 0 Å². The van der Waals surface area contributed by atoms with Gasteiger partial charge < -0.3 is 15.2 Å². The van der Waals surface area contributed by atoms with E-state index in [1.807, 2.05) is 6.92 Å². The normalized spacial score (nSPS) is 10.3. The lowest BCUT2D eigenvalue weighted by Gasteiger charge is -2.08. The van der Waals surface area contributed by atoms with Crippen LogP contribution in [0.5, 0.6) is 5.75 Å². The highest BCUT2D eigenvalue weighted by molar-refractivity contribution is 6.30. The number of esters is 1. The van der Waals surface area contributed by atoms with Crippen LogP contribution in [0.25, 0.3) is 0 Å². The lowest BCUT2D eigenvalue weighted by Crippen LogP contribution is -2.03. The summed E-state index contributed by atoms with van der Waals surface area (Å²) < 4.78 is 10.4. The molecule has 0 atom stereocenters. The van der Waals surface area contributed by atoms with Crippen LogP contribution in [0.2, 0.25) is 5.02 Å². The van der Waals surface area contributed by atoms with Gasteiger partial charge >= 0.3 is 5.97 Å². The second-order valence-electron chi connectivity index (χ2n) is 4.50. The van der Waals surface area contributed by atoms with Crippen LogP contribution in [0.3, 0.4) is 0 Å². The Bertz CT molecular complexity index is 424. The molecule has 1 rings (SSSR count). The van der Waals surface area contributed by atoms with E-state index in [1.165, 1.54) is 0 Å². The Hall–Kier alpha value is -1.42. The van der Waals surface area contributed by atoms with Crippen molar-refractivity contribution >= 4 is 23.3 Å². The number of benzene rings is 1. The number of nitrogens with two attached hydrogens (primary N) is 1. The monoisotopic (exact) mass is 299 g/mol. The number of rotatable bonds is 9. The standard InChI is InChI=1S/C15H22ClNO3/c1-2-19-15(18)7-5-3-4-6-10-20-14-9-8-12(16)11-13(14)17/h8-9,11H,2-7,10,17H2,1H3. The van der Waals surface area contributed by atoms with Crippen LogP contribution in [-0.4, -0.2) is 19.2 Å². The zero-order valence-electron chi connectivity index (χ0n) is 11.9. The van der Waals surface area contributed by atoms with Gasteiger partial charge in [0.15, 0.2) is 0 Å². The van der Waals surface area contributed by atoms with Gasteiger partial charge in [-0.15, -0.1) is 0 Å². The Labute approximate surface area is 125 Å². The van der Waals surface area contributed by atoms with Crippen molar-refractivity contribution in [3.05, 3.63) is 23.2 Å². The van der Waals surface area contributed by atoms with E-state index in [-0.39, 0.29) is 5.97 Å². The molecule has 2 N–H and O–H groups in total. The number of unbranched alkanes of at least 4 members (excludes halogenated alkanes) is 3. The Morgan fingerprint density at radius 2 is 2.00 bits per heavy atom. The molecule has 0 spiro atoms. The summed E-state index contributed by atoms with van der Waals surface area (Å²) in [7, 11) is 0. The summed E-state index contributed by atoms with van der Waals surface area (Å²) in [5.41, 5.74) is 6.34. The number of hydrogen-bond donors (Lipinski definition) is 1. The SMILES string of the molecule is CCOC(=O)CCCCCCOc1ccc(Cl)cc1N. The quantitative estimate of drug-likeness (QED) is 0.428. The fourth-order valence-electron chi connectivity index (χ4n) is 1.79. The second-order valence-corrected chi connectivity index (χ2v) is 4.94. The van der Waals surface area contributed by atoms with Crippen molar-refractivity contribution in [1.29, 1.82) is 0 Å². The highest BCUT2D eigenvalue weighted by Crippen LogP contribution is 2.25. The molecular formula is C15H22ClNO3. The van der Waals surface area contributed by atoms with Crippen molar-refractivity contribution < 1.29 is 14.3 Å². The maximum atomic E-state index is 11.1. The topological polar surface area (TPSA) is 61.5 Å². The van der Waals surface area contributed by atoms with Gasteiger partial charge in [0.25, 0.3) is 0 Å².